The number of methoxy groups -OCH3 is 2. The largest absolute Gasteiger partial charge is 0.497 e. The number of amides is 1. The van der Waals surface area contributed by atoms with Crippen molar-refractivity contribution in [1.82, 2.24) is 9.88 Å². The maximum Gasteiger partial charge on any atom is 0.254 e. The second-order valence-corrected chi connectivity index (χ2v) is 10.3. The molecule has 4 rings (SSSR count). The molecule has 2 heterocycles. The average Bonchev–Trinajstić information content (AvgIpc) is 3.21. The fraction of sp³-hybridized carbons (Fsp3) is 0.333. The minimum atomic E-state index is -3.26. The fourth-order valence-electron chi connectivity index (χ4n) is 3.47. The highest BCUT2D eigenvalue weighted by Gasteiger charge is 2.25. The molecule has 0 bridgehead atoms. The number of ether oxygens (including phenoxy) is 2. The van der Waals surface area contributed by atoms with Crippen molar-refractivity contribution in [3.63, 3.8) is 0 Å². The van der Waals surface area contributed by atoms with Gasteiger partial charge in [-0.25, -0.2) is 13.4 Å². The van der Waals surface area contributed by atoms with Gasteiger partial charge in [-0.2, -0.15) is 0 Å². The number of fused-ring (bicyclic) bond motifs is 1. The van der Waals surface area contributed by atoms with Crippen LogP contribution in [0.3, 0.4) is 0 Å². The normalized spacial score (nSPS) is 14.7. The van der Waals surface area contributed by atoms with Crippen molar-refractivity contribution < 1.29 is 22.7 Å². The highest BCUT2D eigenvalue weighted by Crippen LogP contribution is 2.31. The highest BCUT2D eigenvalue weighted by molar-refractivity contribution is 7.90. The number of thiazole rings is 1. The van der Waals surface area contributed by atoms with Gasteiger partial charge in [0.05, 0.1) is 29.3 Å². The number of hydrogen-bond acceptors (Lipinski definition) is 8. The maximum atomic E-state index is 13.0. The van der Waals surface area contributed by atoms with E-state index in [-0.39, 0.29) is 5.91 Å². The summed E-state index contributed by atoms with van der Waals surface area (Å²) < 4.78 is 35.0. The second kappa shape index (κ2) is 8.35. The Hall–Kier alpha value is -2.85. The number of aromatic nitrogens is 1. The molecule has 1 aliphatic heterocycles. The molecule has 0 aliphatic carbocycles. The predicted molar refractivity (Wildman–Crippen MR) is 120 cm³/mol. The minimum Gasteiger partial charge on any atom is -0.497 e. The van der Waals surface area contributed by atoms with E-state index in [2.05, 4.69) is 9.88 Å². The molecule has 1 saturated heterocycles. The van der Waals surface area contributed by atoms with Crippen molar-refractivity contribution >= 4 is 42.4 Å². The topological polar surface area (TPSA) is 89.0 Å². The first-order valence-electron chi connectivity index (χ1n) is 9.66. The van der Waals surface area contributed by atoms with E-state index in [0.29, 0.717) is 48.1 Å². The third kappa shape index (κ3) is 4.45. The van der Waals surface area contributed by atoms with E-state index >= 15 is 0 Å². The summed E-state index contributed by atoms with van der Waals surface area (Å²) in [4.78, 5) is 21.8. The number of sulfone groups is 1. The smallest absolute Gasteiger partial charge is 0.254 e. The number of carbonyl (C=O) groups is 1. The van der Waals surface area contributed by atoms with Gasteiger partial charge in [-0.15, -0.1) is 0 Å². The number of hydrogen-bond donors (Lipinski definition) is 0. The number of rotatable bonds is 5. The van der Waals surface area contributed by atoms with Crippen LogP contribution >= 0.6 is 11.3 Å². The van der Waals surface area contributed by atoms with Gasteiger partial charge in [0, 0.05) is 44.1 Å². The van der Waals surface area contributed by atoms with Crippen LogP contribution in [0.4, 0.5) is 5.13 Å². The van der Waals surface area contributed by atoms with Crippen LogP contribution in [0.5, 0.6) is 11.5 Å². The summed E-state index contributed by atoms with van der Waals surface area (Å²) in [6.07, 6.45) is 1.20. The van der Waals surface area contributed by atoms with Crippen LogP contribution in [0.1, 0.15) is 10.4 Å². The lowest BCUT2D eigenvalue weighted by atomic mass is 10.1. The van der Waals surface area contributed by atoms with Crippen molar-refractivity contribution in [1.29, 1.82) is 0 Å². The van der Waals surface area contributed by atoms with Gasteiger partial charge in [0.2, 0.25) is 0 Å². The monoisotopic (exact) mass is 461 g/mol. The van der Waals surface area contributed by atoms with Gasteiger partial charge in [0.15, 0.2) is 15.0 Å². The summed E-state index contributed by atoms with van der Waals surface area (Å²) in [6.45, 7) is 2.41. The van der Waals surface area contributed by atoms with E-state index in [4.69, 9.17) is 9.47 Å². The summed E-state index contributed by atoms with van der Waals surface area (Å²) in [7, 11) is -0.151. The van der Waals surface area contributed by atoms with Gasteiger partial charge < -0.3 is 19.3 Å². The van der Waals surface area contributed by atoms with E-state index in [9.17, 15) is 13.2 Å². The average molecular weight is 462 g/mol. The van der Waals surface area contributed by atoms with Gasteiger partial charge in [-0.3, -0.25) is 4.79 Å². The maximum absolute atomic E-state index is 13.0. The van der Waals surface area contributed by atoms with E-state index in [1.54, 1.807) is 55.5 Å². The SMILES string of the molecule is COc1cc(OC)cc(C(=O)N2CCN(c3nc4ccc(S(C)(=O)=O)cc4s3)CC2)c1. The van der Waals surface area contributed by atoms with Crippen molar-refractivity contribution in [3.8, 4) is 11.5 Å². The molecule has 3 aromatic rings. The molecule has 0 N–H and O–H groups in total. The van der Waals surface area contributed by atoms with Gasteiger partial charge >= 0.3 is 0 Å². The molecule has 2 aromatic carbocycles. The number of piperazine rings is 1. The molecule has 1 aliphatic rings. The first kappa shape index (κ1) is 21.4. The van der Waals surface area contributed by atoms with E-state index in [0.717, 1.165) is 15.3 Å². The Morgan fingerprint density at radius 2 is 1.65 bits per heavy atom. The zero-order chi connectivity index (χ0) is 22.2. The Morgan fingerprint density at radius 1 is 1.00 bits per heavy atom. The Kier molecular flexibility index (Phi) is 5.76. The number of nitrogens with zero attached hydrogens (tertiary/aromatic N) is 3. The van der Waals surface area contributed by atoms with Crippen LogP contribution in [0.15, 0.2) is 41.3 Å². The Balaban J connectivity index is 1.48. The molecule has 0 radical (unpaired) electrons. The zero-order valence-electron chi connectivity index (χ0n) is 17.5. The number of benzene rings is 2. The van der Waals surface area contributed by atoms with Crippen molar-refractivity contribution in [3.05, 3.63) is 42.0 Å². The summed E-state index contributed by atoms with van der Waals surface area (Å²) in [6, 6.07) is 10.1. The summed E-state index contributed by atoms with van der Waals surface area (Å²) >= 11 is 1.46. The first-order valence-corrected chi connectivity index (χ1v) is 12.4. The molecule has 1 fully saturated rings. The zero-order valence-corrected chi connectivity index (χ0v) is 19.1. The van der Waals surface area contributed by atoms with Crippen LogP contribution in [0.25, 0.3) is 10.2 Å². The van der Waals surface area contributed by atoms with Crippen LogP contribution in [0.2, 0.25) is 0 Å². The van der Waals surface area contributed by atoms with Crippen LogP contribution in [-0.2, 0) is 9.84 Å². The van der Waals surface area contributed by atoms with Gasteiger partial charge in [0.25, 0.3) is 5.91 Å². The quantitative estimate of drug-likeness (QED) is 0.577. The van der Waals surface area contributed by atoms with Crippen molar-refractivity contribution in [2.45, 2.75) is 4.90 Å². The third-order valence-electron chi connectivity index (χ3n) is 5.21. The van der Waals surface area contributed by atoms with Crippen molar-refractivity contribution in [2.24, 2.45) is 0 Å². The molecule has 31 heavy (non-hydrogen) atoms. The van der Waals surface area contributed by atoms with E-state index in [1.165, 1.54) is 17.6 Å². The Morgan fingerprint density at radius 3 is 2.23 bits per heavy atom. The molecule has 164 valence electrons. The lowest BCUT2D eigenvalue weighted by molar-refractivity contribution is 0.0746. The van der Waals surface area contributed by atoms with E-state index < -0.39 is 9.84 Å². The van der Waals surface area contributed by atoms with Crippen LogP contribution in [0, 0.1) is 0 Å². The summed E-state index contributed by atoms with van der Waals surface area (Å²) in [5, 5.41) is 0.829. The minimum absolute atomic E-state index is 0.0704. The molecular weight excluding hydrogens is 438 g/mol. The van der Waals surface area contributed by atoms with Crippen molar-refractivity contribution in [2.75, 3.05) is 51.6 Å². The molecule has 1 amide bonds. The molecule has 8 nitrogen and oxygen atoms in total. The summed E-state index contributed by atoms with van der Waals surface area (Å²) in [5.41, 5.74) is 1.30. The Bertz CT molecular complexity index is 1210. The van der Waals surface area contributed by atoms with Gasteiger partial charge in [-0.1, -0.05) is 11.3 Å². The lowest BCUT2D eigenvalue weighted by Gasteiger charge is -2.34. The van der Waals surface area contributed by atoms with Gasteiger partial charge in [0.1, 0.15) is 11.5 Å². The second-order valence-electron chi connectivity index (χ2n) is 7.28. The molecular formula is C21H23N3O5S2. The third-order valence-corrected chi connectivity index (χ3v) is 7.40. The molecule has 10 heteroatoms. The molecule has 1 aromatic heterocycles. The molecule has 0 unspecified atom stereocenters. The number of anilines is 1. The van der Waals surface area contributed by atoms with E-state index in [1.807, 2.05) is 0 Å². The summed E-state index contributed by atoms with van der Waals surface area (Å²) in [5.74, 6) is 1.08. The lowest BCUT2D eigenvalue weighted by Crippen LogP contribution is -2.48. The van der Waals surface area contributed by atoms with Gasteiger partial charge in [-0.05, 0) is 30.3 Å². The highest BCUT2D eigenvalue weighted by atomic mass is 32.2. The van der Waals surface area contributed by atoms with Crippen LogP contribution in [-0.4, -0.2) is 70.9 Å². The molecule has 0 spiro atoms. The first-order chi connectivity index (χ1) is 14.8. The number of carbonyl (C=O) groups excluding carboxylic acids is 1. The molecule has 0 atom stereocenters. The standard InChI is InChI=1S/C21H23N3O5S2/c1-28-15-10-14(11-16(12-15)29-2)20(25)23-6-8-24(9-7-23)21-22-18-5-4-17(31(3,26)27)13-19(18)30-21/h4-5,10-13H,6-9H2,1-3H3. The van der Waals surface area contributed by atoms with Crippen LogP contribution < -0.4 is 14.4 Å². The predicted octanol–water partition coefficient (Wildman–Crippen LogP) is 2.68. The molecule has 0 saturated carbocycles. The fourth-order valence-corrected chi connectivity index (χ4v) is 5.25. The Labute approximate surface area is 184 Å².